The number of hydrogen-bond acceptors (Lipinski definition) is 2. The molecule has 4 rings (SSSR count). The summed E-state index contributed by atoms with van der Waals surface area (Å²) in [4.78, 5) is 9.06. The molecule has 3 aromatic carbocycles. The monoisotopic (exact) mass is 815 g/mol. The van der Waals surface area contributed by atoms with E-state index in [0.717, 1.165) is 88.0 Å². The zero-order chi connectivity index (χ0) is 43.8. The highest BCUT2D eigenvalue weighted by Gasteiger charge is 2.26. The standard InChI is InChI=1S/C55H82O.C3H4O/c1-9-14-16-22-44-26-28-46(29-27-44)47-30-32-48(33-31-47)49-34-35-54(45(12-4)38-49)52-39-50(23-17-15-10-2)53(25-20-37-55(13-5,41-56)36-11-3)51(40-52)24-19-18-21-43(8)42(6)7;1-2-3-4/h30-35,38-40,44,46,56H,6,8-29,36-37,41H2,1-5,7H3;2-3H,1H2. The zero-order valence-electron chi connectivity index (χ0n) is 39.5. The first-order chi connectivity index (χ1) is 29.1. The number of allylic oxidation sites excluding steroid dienone is 3. The van der Waals surface area contributed by atoms with Gasteiger partial charge in [0.1, 0.15) is 6.29 Å². The highest BCUT2D eigenvalue weighted by molar-refractivity contribution is 5.75. The molecule has 1 atom stereocenters. The Bertz CT molecular complexity index is 1710. The van der Waals surface area contributed by atoms with E-state index in [4.69, 9.17) is 4.79 Å². The molecule has 0 aliphatic heterocycles. The van der Waals surface area contributed by atoms with Crippen LogP contribution in [0.4, 0.5) is 0 Å². The molecule has 1 saturated carbocycles. The van der Waals surface area contributed by atoms with Gasteiger partial charge in [0.15, 0.2) is 0 Å². The van der Waals surface area contributed by atoms with Gasteiger partial charge in [-0.2, -0.15) is 0 Å². The van der Waals surface area contributed by atoms with Gasteiger partial charge in [0.25, 0.3) is 0 Å². The molecule has 60 heavy (non-hydrogen) atoms. The summed E-state index contributed by atoms with van der Waals surface area (Å²) in [5, 5.41) is 10.5. The van der Waals surface area contributed by atoms with E-state index in [0.29, 0.717) is 12.9 Å². The molecule has 1 aliphatic carbocycles. The summed E-state index contributed by atoms with van der Waals surface area (Å²) in [6.45, 7) is 25.4. The quantitative estimate of drug-likeness (QED) is 0.0360. The van der Waals surface area contributed by atoms with Crippen molar-refractivity contribution in [3.8, 4) is 22.3 Å². The second-order valence-electron chi connectivity index (χ2n) is 18.4. The fourth-order valence-electron chi connectivity index (χ4n) is 9.83. The van der Waals surface area contributed by atoms with Crippen LogP contribution in [-0.4, -0.2) is 18.0 Å². The van der Waals surface area contributed by atoms with Gasteiger partial charge in [0.2, 0.25) is 0 Å². The fraction of sp³-hybridized carbons (Fsp3) is 0.569. The van der Waals surface area contributed by atoms with Crippen LogP contribution in [0.3, 0.4) is 0 Å². The first-order valence-electron chi connectivity index (χ1n) is 24.5. The molecule has 0 spiro atoms. The Labute approximate surface area is 369 Å². The van der Waals surface area contributed by atoms with E-state index in [2.05, 4.69) is 116 Å². The Morgan fingerprint density at radius 2 is 1.30 bits per heavy atom. The average molecular weight is 815 g/mol. The van der Waals surface area contributed by atoms with Crippen LogP contribution < -0.4 is 0 Å². The average Bonchev–Trinajstić information content (AvgIpc) is 3.28. The highest BCUT2D eigenvalue weighted by atomic mass is 16.3. The Hall–Kier alpha value is -3.49. The molecule has 0 radical (unpaired) electrons. The van der Waals surface area contributed by atoms with Crippen LogP contribution in [0.5, 0.6) is 0 Å². The van der Waals surface area contributed by atoms with Crippen LogP contribution in [0, 0.1) is 11.3 Å². The number of hydrogen-bond donors (Lipinski definition) is 1. The highest BCUT2D eigenvalue weighted by Crippen LogP contribution is 2.40. The van der Waals surface area contributed by atoms with Crippen molar-refractivity contribution >= 4 is 6.29 Å². The van der Waals surface area contributed by atoms with Crippen molar-refractivity contribution in [3.05, 3.63) is 119 Å². The predicted octanol–water partition coefficient (Wildman–Crippen LogP) is 16.9. The summed E-state index contributed by atoms with van der Waals surface area (Å²) in [5.74, 6) is 1.69. The molecular weight excluding hydrogens is 729 g/mol. The van der Waals surface area contributed by atoms with Crippen molar-refractivity contribution in [2.75, 3.05) is 6.61 Å². The molecule has 0 bridgehead atoms. The van der Waals surface area contributed by atoms with E-state index in [1.807, 2.05) is 0 Å². The topological polar surface area (TPSA) is 37.3 Å². The van der Waals surface area contributed by atoms with Gasteiger partial charge in [0, 0.05) is 6.61 Å². The number of carbonyl (C=O) groups excluding carboxylic acids is 1. The Kier molecular flexibility index (Phi) is 23.9. The van der Waals surface area contributed by atoms with Crippen LogP contribution in [0.2, 0.25) is 0 Å². The van der Waals surface area contributed by atoms with E-state index >= 15 is 0 Å². The minimum atomic E-state index is 0.0608. The molecule has 2 heteroatoms. The maximum atomic E-state index is 10.5. The molecule has 1 aliphatic rings. The number of aryl methyl sites for hydroxylation is 3. The van der Waals surface area contributed by atoms with E-state index in [-0.39, 0.29) is 5.41 Å². The maximum Gasteiger partial charge on any atom is 0.142 e. The SMILES string of the molecule is C=C(C)C(=C)CCCCc1cc(-c2ccc(-c3ccc(C4CCC(CCCCC)CC4)cc3)cc2CC)cc(CCCCC)c1CCCC(CC)(CO)CCC.C=CC=O. The third kappa shape index (κ3) is 16.1. The lowest BCUT2D eigenvalue weighted by Gasteiger charge is -2.31. The third-order valence-electron chi connectivity index (χ3n) is 13.9. The molecule has 1 N–H and O–H groups in total. The van der Waals surface area contributed by atoms with Crippen LogP contribution in [-0.2, 0) is 30.5 Å². The van der Waals surface area contributed by atoms with Crippen molar-refractivity contribution in [1.82, 2.24) is 0 Å². The Morgan fingerprint density at radius 3 is 1.85 bits per heavy atom. The van der Waals surface area contributed by atoms with E-state index in [1.54, 1.807) is 22.3 Å². The molecule has 0 aromatic heterocycles. The van der Waals surface area contributed by atoms with E-state index in [1.165, 1.54) is 117 Å². The number of unbranched alkanes of at least 4 members (excludes halogenated alkanes) is 5. The summed E-state index contributed by atoms with van der Waals surface area (Å²) in [7, 11) is 0. The van der Waals surface area contributed by atoms with Crippen LogP contribution in [0.15, 0.2) is 91.6 Å². The zero-order valence-corrected chi connectivity index (χ0v) is 39.5. The minimum absolute atomic E-state index is 0.0608. The molecule has 3 aromatic rings. The summed E-state index contributed by atoms with van der Waals surface area (Å²) in [6.07, 6.45) is 30.0. The largest absolute Gasteiger partial charge is 0.396 e. The van der Waals surface area contributed by atoms with Gasteiger partial charge >= 0.3 is 0 Å². The van der Waals surface area contributed by atoms with E-state index in [9.17, 15) is 5.11 Å². The normalized spacial score (nSPS) is 16.1. The second-order valence-corrected chi connectivity index (χ2v) is 18.4. The van der Waals surface area contributed by atoms with Crippen molar-refractivity contribution < 1.29 is 9.90 Å². The second kappa shape index (κ2) is 28.2. The number of aliphatic hydroxyl groups excluding tert-OH is 1. The van der Waals surface area contributed by atoms with Crippen LogP contribution in [0.1, 0.15) is 197 Å². The Morgan fingerprint density at radius 1 is 0.700 bits per heavy atom. The predicted molar refractivity (Wildman–Crippen MR) is 264 cm³/mol. The fourth-order valence-corrected chi connectivity index (χ4v) is 9.83. The number of aliphatic hydroxyl groups is 1. The molecule has 0 heterocycles. The lowest BCUT2D eigenvalue weighted by Crippen LogP contribution is -2.24. The van der Waals surface area contributed by atoms with Crippen LogP contribution >= 0.6 is 0 Å². The summed E-state index contributed by atoms with van der Waals surface area (Å²) >= 11 is 0. The number of rotatable bonds is 27. The van der Waals surface area contributed by atoms with Gasteiger partial charge in [-0.05, 0) is 183 Å². The van der Waals surface area contributed by atoms with Crippen molar-refractivity contribution in [3.63, 3.8) is 0 Å². The molecule has 330 valence electrons. The molecular formula is C58H86O2. The first kappa shape index (κ1) is 50.9. The molecule has 1 fully saturated rings. The molecule has 0 amide bonds. The number of aldehydes is 1. The summed E-state index contributed by atoms with van der Waals surface area (Å²) in [6, 6.07) is 22.1. The molecule has 0 saturated heterocycles. The van der Waals surface area contributed by atoms with Gasteiger partial charge in [0.05, 0.1) is 0 Å². The Balaban J connectivity index is 0.00000229. The summed E-state index contributed by atoms with van der Waals surface area (Å²) < 4.78 is 0. The molecule has 2 nitrogen and oxygen atoms in total. The first-order valence-corrected chi connectivity index (χ1v) is 24.5. The van der Waals surface area contributed by atoms with Crippen LogP contribution in [0.25, 0.3) is 22.3 Å². The van der Waals surface area contributed by atoms with Crippen molar-refractivity contribution in [2.24, 2.45) is 11.3 Å². The maximum absolute atomic E-state index is 10.5. The van der Waals surface area contributed by atoms with Gasteiger partial charge in [-0.1, -0.05) is 165 Å². The molecule has 1 unspecified atom stereocenters. The van der Waals surface area contributed by atoms with Gasteiger partial charge in [-0.3, -0.25) is 4.79 Å². The lowest BCUT2D eigenvalue weighted by molar-refractivity contribution is -0.104. The van der Waals surface area contributed by atoms with Crippen molar-refractivity contribution in [1.29, 1.82) is 0 Å². The minimum Gasteiger partial charge on any atom is -0.396 e. The van der Waals surface area contributed by atoms with Crippen molar-refractivity contribution in [2.45, 2.75) is 195 Å². The number of carbonyl (C=O) groups is 1. The smallest absolute Gasteiger partial charge is 0.142 e. The lowest BCUT2D eigenvalue weighted by atomic mass is 9.76. The summed E-state index contributed by atoms with van der Waals surface area (Å²) in [5.41, 5.74) is 15.5. The van der Waals surface area contributed by atoms with Gasteiger partial charge < -0.3 is 5.11 Å². The number of benzene rings is 3. The van der Waals surface area contributed by atoms with E-state index < -0.39 is 0 Å². The van der Waals surface area contributed by atoms with Gasteiger partial charge in [-0.25, -0.2) is 0 Å². The third-order valence-corrected chi connectivity index (χ3v) is 13.9. The van der Waals surface area contributed by atoms with Gasteiger partial charge in [-0.15, -0.1) is 0 Å².